The highest BCUT2D eigenvalue weighted by molar-refractivity contribution is 5.91. The van der Waals surface area contributed by atoms with E-state index in [4.69, 9.17) is 6.57 Å². The lowest BCUT2D eigenvalue weighted by Gasteiger charge is -2.20. The molecule has 0 unspecified atom stereocenters. The summed E-state index contributed by atoms with van der Waals surface area (Å²) in [6.45, 7) is 8.42. The van der Waals surface area contributed by atoms with Crippen molar-refractivity contribution in [3.8, 4) is 6.57 Å². The fraction of sp³-hybridized carbons (Fsp3) is 0.450. The molecule has 1 aromatic carbocycles. The van der Waals surface area contributed by atoms with Crippen molar-refractivity contribution in [1.29, 1.82) is 0 Å². The predicted molar refractivity (Wildman–Crippen MR) is 103 cm³/mol. The van der Waals surface area contributed by atoms with Crippen molar-refractivity contribution in [3.63, 3.8) is 0 Å². The number of nitrogens with one attached hydrogen (secondary N) is 1. The zero-order valence-electron chi connectivity index (χ0n) is 14.8. The lowest BCUT2D eigenvalue weighted by Crippen LogP contribution is -2.41. The van der Waals surface area contributed by atoms with Gasteiger partial charge >= 0.3 is 6.17 Å². The second kappa shape index (κ2) is 7.30. The van der Waals surface area contributed by atoms with Crippen molar-refractivity contribution in [2.45, 2.75) is 31.5 Å². The highest BCUT2D eigenvalue weighted by atomic mass is 16.2. The van der Waals surface area contributed by atoms with Crippen LogP contribution in [0, 0.1) is 6.57 Å². The van der Waals surface area contributed by atoms with Gasteiger partial charge in [0.05, 0.1) is 18.5 Å². The Morgan fingerprint density at radius 2 is 2.19 bits per heavy atom. The van der Waals surface area contributed by atoms with Crippen LogP contribution in [0.4, 0.5) is 5.69 Å². The minimum absolute atomic E-state index is 0.136. The first-order valence-electron chi connectivity index (χ1n) is 9.27. The SMILES string of the molecule is C#[N+][C@@H]1CCCN1C(=O)CN1CC[C@@H](Nc2cccc3ncccc23)C1. The number of nitrogens with zero attached hydrogens (tertiary/aromatic N) is 4. The van der Waals surface area contributed by atoms with Crippen LogP contribution in [-0.4, -0.2) is 59.1 Å². The molecular formula is C20H24N5O+. The molecule has 0 saturated carbocycles. The minimum Gasteiger partial charge on any atom is -0.380 e. The van der Waals surface area contributed by atoms with Crippen LogP contribution in [0.25, 0.3) is 15.7 Å². The van der Waals surface area contributed by atoms with Gasteiger partial charge in [0.25, 0.3) is 6.57 Å². The quantitative estimate of drug-likeness (QED) is 0.921. The maximum atomic E-state index is 12.6. The molecule has 1 amide bonds. The van der Waals surface area contributed by atoms with Crippen molar-refractivity contribution in [2.75, 3.05) is 31.5 Å². The summed E-state index contributed by atoms with van der Waals surface area (Å²) in [5.74, 6) is 0.136. The zero-order chi connectivity index (χ0) is 17.9. The van der Waals surface area contributed by atoms with E-state index in [0.29, 0.717) is 12.6 Å². The smallest absolute Gasteiger partial charge is 0.349 e. The second-order valence-electron chi connectivity index (χ2n) is 7.10. The predicted octanol–water partition coefficient (Wildman–Crippen LogP) is 2.63. The average Bonchev–Trinajstić information content (AvgIpc) is 3.31. The summed E-state index contributed by atoms with van der Waals surface area (Å²) >= 11 is 0. The van der Waals surface area contributed by atoms with Crippen LogP contribution >= 0.6 is 0 Å². The molecule has 26 heavy (non-hydrogen) atoms. The van der Waals surface area contributed by atoms with Gasteiger partial charge in [-0.25, -0.2) is 0 Å². The number of hydrogen-bond donors (Lipinski definition) is 1. The molecule has 0 radical (unpaired) electrons. The van der Waals surface area contributed by atoms with E-state index in [-0.39, 0.29) is 12.1 Å². The first-order valence-corrected chi connectivity index (χ1v) is 9.27. The monoisotopic (exact) mass is 350 g/mol. The molecule has 4 rings (SSSR count). The molecule has 6 nitrogen and oxygen atoms in total. The van der Waals surface area contributed by atoms with Crippen molar-refractivity contribution < 1.29 is 4.79 Å². The van der Waals surface area contributed by atoms with Crippen molar-refractivity contribution in [3.05, 3.63) is 41.4 Å². The molecule has 0 bridgehead atoms. The van der Waals surface area contributed by atoms with E-state index in [1.54, 1.807) is 0 Å². The molecule has 2 fully saturated rings. The van der Waals surface area contributed by atoms with E-state index in [0.717, 1.165) is 55.5 Å². The maximum Gasteiger partial charge on any atom is 0.349 e. The summed E-state index contributed by atoms with van der Waals surface area (Å²) in [6, 6.07) is 10.5. The summed E-state index contributed by atoms with van der Waals surface area (Å²) < 4.78 is 0. The van der Waals surface area contributed by atoms with Crippen LogP contribution < -0.4 is 5.32 Å². The Balaban J connectivity index is 1.37. The van der Waals surface area contributed by atoms with Gasteiger partial charge in [0, 0.05) is 42.9 Å². The Hall–Kier alpha value is -2.65. The number of aromatic nitrogens is 1. The van der Waals surface area contributed by atoms with Gasteiger partial charge < -0.3 is 5.32 Å². The summed E-state index contributed by atoms with van der Waals surface area (Å²) in [4.78, 5) is 24.8. The van der Waals surface area contributed by atoms with Crippen molar-refractivity contribution in [2.24, 2.45) is 0 Å². The Morgan fingerprint density at radius 3 is 3.08 bits per heavy atom. The largest absolute Gasteiger partial charge is 0.380 e. The summed E-state index contributed by atoms with van der Waals surface area (Å²) in [5, 5.41) is 4.76. The highest BCUT2D eigenvalue weighted by Gasteiger charge is 2.36. The summed E-state index contributed by atoms with van der Waals surface area (Å²) in [6.07, 6.45) is 4.56. The van der Waals surface area contributed by atoms with Gasteiger partial charge in [-0.05, 0) is 37.1 Å². The number of amides is 1. The molecule has 2 atom stereocenters. The molecule has 1 aromatic heterocycles. The van der Waals surface area contributed by atoms with E-state index in [9.17, 15) is 4.79 Å². The molecule has 6 heteroatoms. The maximum absolute atomic E-state index is 12.6. The second-order valence-corrected chi connectivity index (χ2v) is 7.10. The van der Waals surface area contributed by atoms with Crippen LogP contribution in [0.1, 0.15) is 19.3 Å². The van der Waals surface area contributed by atoms with E-state index in [1.807, 2.05) is 29.3 Å². The van der Waals surface area contributed by atoms with Gasteiger partial charge in [-0.1, -0.05) is 10.9 Å². The molecular weight excluding hydrogens is 326 g/mol. The minimum atomic E-state index is -0.137. The lowest BCUT2D eigenvalue weighted by molar-refractivity contribution is -0.132. The van der Waals surface area contributed by atoms with E-state index in [1.165, 1.54) is 0 Å². The molecule has 0 spiro atoms. The summed E-state index contributed by atoms with van der Waals surface area (Å²) in [5.41, 5.74) is 2.10. The molecule has 134 valence electrons. The molecule has 0 aliphatic carbocycles. The molecule has 2 saturated heterocycles. The third kappa shape index (κ3) is 3.35. The van der Waals surface area contributed by atoms with Crippen LogP contribution in [0.2, 0.25) is 0 Å². The standard InChI is InChI=1S/C20H24N5O/c1-21-19-8-4-11-25(19)20(26)14-24-12-9-15(13-24)23-18-7-2-6-17-16(18)5-3-10-22-17/h1-3,5-7,10,15,19,23H,4,8-9,11-14H2/q+1/t15-,19+/m1/s1. The van der Waals surface area contributed by atoms with Crippen LogP contribution in [-0.2, 0) is 4.79 Å². The van der Waals surface area contributed by atoms with Crippen molar-refractivity contribution >= 4 is 22.5 Å². The molecule has 1 N–H and O–H groups in total. The fourth-order valence-corrected chi connectivity index (χ4v) is 4.02. The molecule has 2 aromatic rings. The Bertz CT molecular complexity index is 840. The third-order valence-electron chi connectivity index (χ3n) is 5.35. The Labute approximate surface area is 153 Å². The fourth-order valence-electron chi connectivity index (χ4n) is 4.02. The third-order valence-corrected chi connectivity index (χ3v) is 5.35. The number of carbonyl (C=O) groups excluding carboxylic acids is 1. The average molecular weight is 350 g/mol. The first kappa shape index (κ1) is 16.8. The van der Waals surface area contributed by atoms with Gasteiger partial charge in [0.15, 0.2) is 0 Å². The number of carbonyl (C=O) groups is 1. The lowest BCUT2D eigenvalue weighted by atomic mass is 10.1. The molecule has 2 aliphatic rings. The number of anilines is 1. The van der Waals surface area contributed by atoms with Gasteiger partial charge in [-0.3, -0.25) is 19.6 Å². The number of fused-ring (bicyclic) bond motifs is 1. The van der Waals surface area contributed by atoms with Crippen molar-refractivity contribution in [1.82, 2.24) is 14.8 Å². The van der Waals surface area contributed by atoms with Gasteiger partial charge in [-0.2, -0.15) is 0 Å². The van der Waals surface area contributed by atoms with E-state index < -0.39 is 0 Å². The summed E-state index contributed by atoms with van der Waals surface area (Å²) in [7, 11) is 0. The van der Waals surface area contributed by atoms with Gasteiger partial charge in [0.2, 0.25) is 5.91 Å². The van der Waals surface area contributed by atoms with Gasteiger partial charge in [0.1, 0.15) is 0 Å². The number of pyridine rings is 1. The number of hydrogen-bond acceptors (Lipinski definition) is 4. The van der Waals surface area contributed by atoms with Crippen LogP contribution in [0.3, 0.4) is 0 Å². The van der Waals surface area contributed by atoms with Crippen LogP contribution in [0.15, 0.2) is 36.5 Å². The normalized spacial score (nSPS) is 23.3. The number of rotatable bonds is 4. The van der Waals surface area contributed by atoms with Gasteiger partial charge in [-0.15, -0.1) is 0 Å². The topological polar surface area (TPSA) is 52.8 Å². The zero-order valence-corrected chi connectivity index (χ0v) is 14.8. The number of benzene rings is 1. The number of likely N-dealkylation sites (tertiary alicyclic amines) is 2. The van der Waals surface area contributed by atoms with E-state index >= 15 is 0 Å². The molecule has 3 heterocycles. The Morgan fingerprint density at radius 1 is 1.27 bits per heavy atom. The molecule has 2 aliphatic heterocycles. The Kier molecular flexibility index (Phi) is 4.72. The van der Waals surface area contributed by atoms with E-state index in [2.05, 4.69) is 32.2 Å². The highest BCUT2D eigenvalue weighted by Crippen LogP contribution is 2.24. The van der Waals surface area contributed by atoms with Crippen LogP contribution in [0.5, 0.6) is 0 Å². The first-order chi connectivity index (χ1) is 12.7.